The highest BCUT2D eigenvalue weighted by molar-refractivity contribution is 6.81. The Balaban J connectivity index is 1.91. The van der Waals surface area contributed by atoms with E-state index in [9.17, 15) is 0 Å². The molecule has 35 heavy (non-hydrogen) atoms. The molecule has 0 N–H and O–H groups in total. The largest absolute Gasteiger partial charge is 0.0722 e. The highest BCUT2D eigenvalue weighted by Crippen LogP contribution is 2.55. The molecule has 1 heteroatoms. The third-order valence-corrected chi connectivity index (χ3v) is 13.3. The summed E-state index contributed by atoms with van der Waals surface area (Å²) in [5.41, 5.74) is 16.8. The van der Waals surface area contributed by atoms with Gasteiger partial charge in [-0.25, -0.2) is 0 Å². The predicted molar refractivity (Wildman–Crippen MR) is 160 cm³/mol. The third kappa shape index (κ3) is 4.33. The van der Waals surface area contributed by atoms with E-state index in [-0.39, 0.29) is 0 Å². The van der Waals surface area contributed by atoms with Gasteiger partial charge in [-0.1, -0.05) is 116 Å². The first-order valence-corrected chi connectivity index (χ1v) is 17.1. The standard InChI is InChI=1S/C34H48Si/c1-19(2)25-15-27-13-23(9)33(31(27)29(17-25)21(5)6)35(11,12)34-24(10)14-28-16-26(20(3)4)18-30(22(7)8)32(28)34/h13-22,33-34H,1-12H3. The van der Waals surface area contributed by atoms with Crippen molar-refractivity contribution in [3.05, 3.63) is 79.9 Å². The van der Waals surface area contributed by atoms with Crippen LogP contribution < -0.4 is 0 Å². The smallest absolute Gasteiger partial charge is 0.0679 e. The van der Waals surface area contributed by atoms with Gasteiger partial charge in [-0.3, -0.25) is 0 Å². The Bertz CT molecular complexity index is 1110. The zero-order valence-electron chi connectivity index (χ0n) is 24.4. The van der Waals surface area contributed by atoms with Crippen molar-refractivity contribution < 1.29 is 0 Å². The topological polar surface area (TPSA) is 0 Å². The minimum absolute atomic E-state index is 0.543. The molecule has 2 unspecified atom stereocenters. The number of allylic oxidation sites excluding steroid dienone is 2. The Labute approximate surface area is 217 Å². The first-order valence-electron chi connectivity index (χ1n) is 14.0. The molecule has 0 saturated heterocycles. The summed E-state index contributed by atoms with van der Waals surface area (Å²) in [6.07, 6.45) is 5.07. The van der Waals surface area contributed by atoms with Gasteiger partial charge in [0.05, 0.1) is 8.07 Å². The predicted octanol–water partition coefficient (Wildman–Crippen LogP) is 10.7. The van der Waals surface area contributed by atoms with Gasteiger partial charge in [0, 0.05) is 11.1 Å². The lowest BCUT2D eigenvalue weighted by Crippen LogP contribution is -2.43. The van der Waals surface area contributed by atoms with Crippen LogP contribution in [-0.2, 0) is 0 Å². The molecule has 2 aromatic rings. The molecule has 2 atom stereocenters. The molecule has 188 valence electrons. The summed E-state index contributed by atoms with van der Waals surface area (Å²) in [7, 11) is -1.85. The molecule has 2 aromatic carbocycles. The van der Waals surface area contributed by atoms with Crippen LogP contribution in [0.15, 0.2) is 35.4 Å². The van der Waals surface area contributed by atoms with Gasteiger partial charge in [-0.05, 0) is 82.0 Å². The molecule has 0 nitrogen and oxygen atoms in total. The fourth-order valence-electron chi connectivity index (χ4n) is 7.17. The molecular formula is C34H48Si. The molecule has 0 spiro atoms. The van der Waals surface area contributed by atoms with Crippen LogP contribution in [0, 0.1) is 0 Å². The van der Waals surface area contributed by atoms with Gasteiger partial charge in [0.25, 0.3) is 0 Å². The van der Waals surface area contributed by atoms with Crippen molar-refractivity contribution in [3.63, 3.8) is 0 Å². The van der Waals surface area contributed by atoms with Crippen molar-refractivity contribution in [2.24, 2.45) is 0 Å². The van der Waals surface area contributed by atoms with Crippen LogP contribution in [-0.4, -0.2) is 8.07 Å². The van der Waals surface area contributed by atoms with Crippen molar-refractivity contribution in [2.75, 3.05) is 0 Å². The Morgan fingerprint density at radius 2 is 0.886 bits per heavy atom. The minimum Gasteiger partial charge on any atom is -0.0679 e. The highest BCUT2D eigenvalue weighted by Gasteiger charge is 2.48. The van der Waals surface area contributed by atoms with Crippen LogP contribution >= 0.6 is 0 Å². The summed E-state index contributed by atoms with van der Waals surface area (Å²) in [4.78, 5) is 0. The summed E-state index contributed by atoms with van der Waals surface area (Å²) < 4.78 is 0. The van der Waals surface area contributed by atoms with Crippen LogP contribution in [0.1, 0.15) is 148 Å². The fourth-order valence-corrected chi connectivity index (χ4v) is 12.2. The zero-order chi connectivity index (χ0) is 26.0. The second-order valence-corrected chi connectivity index (χ2v) is 18.1. The average molecular weight is 485 g/mol. The van der Waals surface area contributed by atoms with Crippen LogP contribution in [0.25, 0.3) is 12.2 Å². The van der Waals surface area contributed by atoms with E-state index in [4.69, 9.17) is 0 Å². The lowest BCUT2D eigenvalue weighted by atomic mass is 9.88. The lowest BCUT2D eigenvalue weighted by Gasteiger charge is -2.41. The number of benzene rings is 2. The molecule has 0 heterocycles. The Hall–Kier alpha value is -1.86. The van der Waals surface area contributed by atoms with Crippen LogP contribution in [0.2, 0.25) is 13.1 Å². The first-order chi connectivity index (χ1) is 16.2. The highest BCUT2D eigenvalue weighted by atomic mass is 28.3. The van der Waals surface area contributed by atoms with Crippen molar-refractivity contribution >= 4 is 20.2 Å². The summed E-state index contributed by atoms with van der Waals surface area (Å²) >= 11 is 0. The van der Waals surface area contributed by atoms with Crippen LogP contribution in [0.3, 0.4) is 0 Å². The van der Waals surface area contributed by atoms with Gasteiger partial charge >= 0.3 is 0 Å². The SMILES string of the molecule is CC1=Cc2cc(C(C)C)cc(C(C)C)c2C1[Si](C)(C)C1C(C)=Cc2cc(C(C)C)cc(C(C)C)c21. The fraction of sp³-hybridized carbons (Fsp3) is 0.529. The molecule has 0 bridgehead atoms. The van der Waals surface area contributed by atoms with Crippen molar-refractivity contribution in [1.82, 2.24) is 0 Å². The molecular weight excluding hydrogens is 436 g/mol. The van der Waals surface area contributed by atoms with Crippen molar-refractivity contribution in [3.8, 4) is 0 Å². The molecule has 0 fully saturated rings. The van der Waals surface area contributed by atoms with E-state index in [1.807, 2.05) is 0 Å². The molecule has 4 rings (SSSR count). The van der Waals surface area contributed by atoms with Gasteiger partial charge in [0.1, 0.15) is 0 Å². The van der Waals surface area contributed by atoms with E-state index in [2.05, 4.69) is 119 Å². The van der Waals surface area contributed by atoms with E-state index in [1.165, 1.54) is 22.3 Å². The van der Waals surface area contributed by atoms with Gasteiger partial charge in [0.15, 0.2) is 0 Å². The first kappa shape index (κ1) is 26.2. The van der Waals surface area contributed by atoms with E-state index in [0.29, 0.717) is 34.8 Å². The molecule has 0 radical (unpaired) electrons. The lowest BCUT2D eigenvalue weighted by molar-refractivity contribution is 0.805. The minimum atomic E-state index is -1.85. The summed E-state index contributed by atoms with van der Waals surface area (Å²) in [5.74, 6) is 2.21. The number of hydrogen-bond acceptors (Lipinski definition) is 0. The number of rotatable bonds is 6. The number of hydrogen-bond donors (Lipinski definition) is 0. The van der Waals surface area contributed by atoms with Crippen molar-refractivity contribution in [2.45, 2.75) is 117 Å². The van der Waals surface area contributed by atoms with E-state index < -0.39 is 8.07 Å². The van der Waals surface area contributed by atoms with Gasteiger partial charge in [-0.15, -0.1) is 0 Å². The Morgan fingerprint density at radius 1 is 0.543 bits per heavy atom. The van der Waals surface area contributed by atoms with E-state index in [1.54, 1.807) is 33.4 Å². The normalized spacial score (nSPS) is 19.7. The molecule has 0 aromatic heterocycles. The molecule has 0 amide bonds. The summed E-state index contributed by atoms with van der Waals surface area (Å²) in [5, 5.41) is 0. The van der Waals surface area contributed by atoms with E-state index in [0.717, 1.165) is 0 Å². The zero-order valence-corrected chi connectivity index (χ0v) is 25.4. The maximum absolute atomic E-state index is 2.68. The molecule has 2 aliphatic rings. The third-order valence-electron chi connectivity index (χ3n) is 8.85. The Kier molecular flexibility index (Phi) is 6.90. The second-order valence-electron chi connectivity index (χ2n) is 13.3. The van der Waals surface area contributed by atoms with Gasteiger partial charge in [0.2, 0.25) is 0 Å². The Morgan fingerprint density at radius 3 is 1.17 bits per heavy atom. The maximum atomic E-state index is 2.68. The van der Waals surface area contributed by atoms with Gasteiger partial charge < -0.3 is 0 Å². The second kappa shape index (κ2) is 9.22. The maximum Gasteiger partial charge on any atom is 0.0722 e. The number of fused-ring (bicyclic) bond motifs is 2. The molecule has 0 saturated carbocycles. The summed E-state index contributed by atoms with van der Waals surface area (Å²) in [6.45, 7) is 29.1. The van der Waals surface area contributed by atoms with E-state index >= 15 is 0 Å². The molecule has 2 aliphatic carbocycles. The summed E-state index contributed by atoms with van der Waals surface area (Å²) in [6, 6.07) is 10.1. The van der Waals surface area contributed by atoms with Gasteiger partial charge in [-0.2, -0.15) is 0 Å². The van der Waals surface area contributed by atoms with Crippen LogP contribution in [0.4, 0.5) is 0 Å². The van der Waals surface area contributed by atoms with Crippen LogP contribution in [0.5, 0.6) is 0 Å². The quantitative estimate of drug-likeness (QED) is 0.358. The van der Waals surface area contributed by atoms with Crippen molar-refractivity contribution in [1.29, 1.82) is 0 Å². The average Bonchev–Trinajstić information content (AvgIpc) is 3.27. The monoisotopic (exact) mass is 484 g/mol. The molecule has 0 aliphatic heterocycles.